The summed E-state index contributed by atoms with van der Waals surface area (Å²) in [6.07, 6.45) is -6.02. The summed E-state index contributed by atoms with van der Waals surface area (Å²) in [5.74, 6) is -1.09. The maximum absolute atomic E-state index is 11.9. The summed E-state index contributed by atoms with van der Waals surface area (Å²) in [6.45, 7) is -0.0297. The Morgan fingerprint density at radius 1 is 1.21 bits per heavy atom. The number of amides is 1. The first kappa shape index (κ1) is 13.2. The van der Waals surface area contributed by atoms with E-state index < -0.39 is 18.5 Å². The van der Waals surface area contributed by atoms with Crippen LogP contribution < -0.4 is 11.0 Å². The number of carbonyl (C=O) groups is 1. The molecule has 0 unspecified atom stereocenters. The minimum Gasteiger partial charge on any atom is -0.352 e. The molecule has 1 aromatic carbocycles. The summed E-state index contributed by atoms with van der Waals surface area (Å²) in [6, 6.07) is 4.81. The molecule has 1 amide bonds. The van der Waals surface area contributed by atoms with Crippen LogP contribution in [0.4, 0.5) is 13.2 Å². The number of hydrogen-bond acceptors (Lipinski definition) is 2. The number of carbonyl (C=O) groups excluding carboxylic acids is 1. The number of aromatic nitrogens is 2. The predicted octanol–water partition coefficient (Wildman–Crippen LogP) is 1.42. The number of rotatable bonds is 3. The van der Waals surface area contributed by atoms with Gasteiger partial charge in [0.2, 0.25) is 5.91 Å². The zero-order valence-corrected chi connectivity index (χ0v) is 9.60. The van der Waals surface area contributed by atoms with Gasteiger partial charge in [-0.15, -0.1) is 0 Å². The molecule has 0 aliphatic rings. The van der Waals surface area contributed by atoms with Gasteiger partial charge in [-0.25, -0.2) is 4.79 Å². The summed E-state index contributed by atoms with van der Waals surface area (Å²) in [5.41, 5.74) is 1.36. The van der Waals surface area contributed by atoms with Crippen molar-refractivity contribution in [3.8, 4) is 0 Å². The van der Waals surface area contributed by atoms with Gasteiger partial charge in [-0.3, -0.25) is 4.79 Å². The highest BCUT2D eigenvalue weighted by Gasteiger charge is 2.30. The van der Waals surface area contributed by atoms with Crippen molar-refractivity contribution < 1.29 is 18.0 Å². The van der Waals surface area contributed by atoms with Crippen molar-refractivity contribution in [1.82, 2.24) is 15.3 Å². The van der Waals surface area contributed by atoms with Crippen molar-refractivity contribution in [1.29, 1.82) is 0 Å². The number of alkyl halides is 3. The van der Waals surface area contributed by atoms with E-state index in [2.05, 4.69) is 15.3 Å². The molecule has 0 spiro atoms. The molecule has 3 N–H and O–H groups in total. The lowest BCUT2D eigenvalue weighted by Gasteiger charge is -2.07. The first-order chi connectivity index (χ1) is 8.83. The van der Waals surface area contributed by atoms with Crippen molar-refractivity contribution in [2.75, 3.05) is 0 Å². The summed E-state index contributed by atoms with van der Waals surface area (Å²) >= 11 is 0. The van der Waals surface area contributed by atoms with E-state index >= 15 is 0 Å². The Kier molecular flexibility index (Phi) is 3.32. The molecule has 0 bridgehead atoms. The van der Waals surface area contributed by atoms with Crippen molar-refractivity contribution in [3.05, 3.63) is 34.2 Å². The van der Waals surface area contributed by atoms with Gasteiger partial charge in [0.05, 0.1) is 11.0 Å². The fourth-order valence-corrected chi connectivity index (χ4v) is 1.63. The molecule has 102 valence electrons. The van der Waals surface area contributed by atoms with Gasteiger partial charge < -0.3 is 15.3 Å². The molecule has 0 radical (unpaired) electrons. The summed E-state index contributed by atoms with van der Waals surface area (Å²) in [4.78, 5) is 27.1. The molecule has 5 nitrogen and oxygen atoms in total. The molecule has 8 heteroatoms. The third-order valence-corrected chi connectivity index (χ3v) is 2.43. The lowest BCUT2D eigenvalue weighted by atomic mass is 10.2. The average Bonchev–Trinajstić information content (AvgIpc) is 2.63. The summed E-state index contributed by atoms with van der Waals surface area (Å²) in [5, 5.41) is 2.17. The Labute approximate surface area is 104 Å². The maximum Gasteiger partial charge on any atom is 0.397 e. The second-order valence-electron chi connectivity index (χ2n) is 4.03. The molecule has 0 aliphatic carbocycles. The first-order valence-corrected chi connectivity index (χ1v) is 5.38. The molecule has 0 saturated carbocycles. The van der Waals surface area contributed by atoms with Crippen LogP contribution in [0, 0.1) is 0 Å². The molecular weight excluding hydrogens is 263 g/mol. The van der Waals surface area contributed by atoms with Crippen LogP contribution in [0.15, 0.2) is 23.0 Å². The molecule has 2 aromatic rings. The fourth-order valence-electron chi connectivity index (χ4n) is 1.63. The zero-order chi connectivity index (χ0) is 14.0. The van der Waals surface area contributed by atoms with Crippen LogP contribution in [0.5, 0.6) is 0 Å². The minimum absolute atomic E-state index is 0.0297. The number of benzene rings is 1. The summed E-state index contributed by atoms with van der Waals surface area (Å²) < 4.78 is 35.8. The molecule has 0 saturated heterocycles. The third kappa shape index (κ3) is 3.60. The standard InChI is InChI=1S/C11H10F3N3O2/c12-11(13,14)4-9(18)15-5-6-1-2-7-8(3-6)17-10(19)16-7/h1-3H,4-5H2,(H,15,18)(H2,16,17,19). The Hall–Kier alpha value is -2.25. The van der Waals surface area contributed by atoms with Crippen LogP contribution in [0.2, 0.25) is 0 Å². The SMILES string of the molecule is O=C(CC(F)(F)F)NCc1ccc2[nH]c(=O)[nH]c2c1. The quantitative estimate of drug-likeness (QED) is 0.791. The van der Waals surface area contributed by atoms with Gasteiger partial charge in [0.1, 0.15) is 6.42 Å². The highest BCUT2D eigenvalue weighted by atomic mass is 19.4. The van der Waals surface area contributed by atoms with Crippen molar-refractivity contribution in [2.45, 2.75) is 19.1 Å². The van der Waals surface area contributed by atoms with E-state index in [-0.39, 0.29) is 12.2 Å². The van der Waals surface area contributed by atoms with E-state index in [1.54, 1.807) is 18.2 Å². The Bertz CT molecular complexity index is 657. The lowest BCUT2D eigenvalue weighted by molar-refractivity contribution is -0.153. The first-order valence-electron chi connectivity index (χ1n) is 5.38. The van der Waals surface area contributed by atoms with E-state index in [1.807, 2.05) is 0 Å². The molecule has 0 fully saturated rings. The van der Waals surface area contributed by atoms with Gasteiger partial charge in [0.15, 0.2) is 0 Å². The van der Waals surface area contributed by atoms with Crippen LogP contribution in [0.25, 0.3) is 11.0 Å². The Morgan fingerprint density at radius 2 is 1.89 bits per heavy atom. The molecule has 2 rings (SSSR count). The number of aromatic amines is 2. The maximum atomic E-state index is 11.9. The topological polar surface area (TPSA) is 77.8 Å². The molecule has 1 aromatic heterocycles. The Balaban J connectivity index is 2.01. The van der Waals surface area contributed by atoms with Gasteiger partial charge in [0.25, 0.3) is 0 Å². The highest BCUT2D eigenvalue weighted by molar-refractivity contribution is 5.77. The van der Waals surface area contributed by atoms with E-state index in [0.29, 0.717) is 16.6 Å². The number of fused-ring (bicyclic) bond motifs is 1. The van der Waals surface area contributed by atoms with Crippen LogP contribution in [-0.2, 0) is 11.3 Å². The van der Waals surface area contributed by atoms with Gasteiger partial charge in [-0.1, -0.05) is 6.07 Å². The van der Waals surface area contributed by atoms with Crippen LogP contribution in [-0.4, -0.2) is 22.1 Å². The fraction of sp³-hybridized carbons (Fsp3) is 0.273. The highest BCUT2D eigenvalue weighted by Crippen LogP contribution is 2.19. The van der Waals surface area contributed by atoms with Gasteiger partial charge >= 0.3 is 11.9 Å². The van der Waals surface area contributed by atoms with Crippen LogP contribution in [0.1, 0.15) is 12.0 Å². The van der Waals surface area contributed by atoms with Crippen molar-refractivity contribution in [2.24, 2.45) is 0 Å². The number of imidazole rings is 1. The van der Waals surface area contributed by atoms with Gasteiger partial charge in [0, 0.05) is 6.54 Å². The number of hydrogen-bond donors (Lipinski definition) is 3. The van der Waals surface area contributed by atoms with Crippen molar-refractivity contribution >= 4 is 16.9 Å². The van der Waals surface area contributed by atoms with E-state index in [9.17, 15) is 22.8 Å². The van der Waals surface area contributed by atoms with Crippen LogP contribution >= 0.6 is 0 Å². The smallest absolute Gasteiger partial charge is 0.352 e. The molecule has 0 aliphatic heterocycles. The molecule has 1 heterocycles. The van der Waals surface area contributed by atoms with Gasteiger partial charge in [-0.05, 0) is 17.7 Å². The zero-order valence-electron chi connectivity index (χ0n) is 9.60. The minimum atomic E-state index is -4.51. The second kappa shape index (κ2) is 4.79. The van der Waals surface area contributed by atoms with E-state index in [4.69, 9.17) is 0 Å². The third-order valence-electron chi connectivity index (χ3n) is 2.43. The number of nitrogens with one attached hydrogen (secondary N) is 3. The second-order valence-corrected chi connectivity index (χ2v) is 4.03. The van der Waals surface area contributed by atoms with Crippen molar-refractivity contribution in [3.63, 3.8) is 0 Å². The van der Waals surface area contributed by atoms with E-state index in [0.717, 1.165) is 0 Å². The average molecular weight is 273 g/mol. The largest absolute Gasteiger partial charge is 0.397 e. The normalized spacial score (nSPS) is 11.7. The molecule has 19 heavy (non-hydrogen) atoms. The summed E-state index contributed by atoms with van der Waals surface area (Å²) in [7, 11) is 0. The monoisotopic (exact) mass is 273 g/mol. The van der Waals surface area contributed by atoms with Crippen LogP contribution in [0.3, 0.4) is 0 Å². The predicted molar refractivity (Wildman–Crippen MR) is 61.4 cm³/mol. The molecule has 0 atom stereocenters. The van der Waals surface area contributed by atoms with E-state index in [1.165, 1.54) is 0 Å². The number of halogens is 3. The Morgan fingerprint density at radius 3 is 2.58 bits per heavy atom. The lowest BCUT2D eigenvalue weighted by Crippen LogP contribution is -2.28. The molecular formula is C11H10F3N3O2. The number of H-pyrrole nitrogens is 2. The van der Waals surface area contributed by atoms with Gasteiger partial charge in [-0.2, -0.15) is 13.2 Å².